The second-order valence-corrected chi connectivity index (χ2v) is 26.4. The standard InChI is InChI=1S/C54H90O44S/c55-1-10-19(63)20(64)29(73)46(82-10)97-44-17(8-62)90-54(37(81)28(44)72)99-9-18-45-27(71)36(80)53(89-18)96-43-16(7-61)87-51(34(78)25(43)69)94-41-14(5-59)85-49(32(76)23(41)67)92-39-12(3-57)83-47(30(74)21(39)65)91-38-11(2-56)84-48(31(75)22(38)66)93-40-13(4-58)86-50(33(77)24(40)68)95-42-15(6-60)88-52(98-45)35(79)26(42)70/h10-81H,1-9H2/t10-,11-,12-,13-,14-,15-,16-,17-,18-,19-,20+,21-,22-,23-,24-,25-,26-,27-,28-,29-,30-,31-,32+,33-,34+,35-,36-,37-,38-,39-,40-,41-,42-,43-,44-,45-,46-,47-,48-,49-,50-,51-,52-,53-,54+/m1/s1. The molecule has 576 valence electrons. The van der Waals surface area contributed by atoms with Crippen molar-refractivity contribution in [1.82, 2.24) is 0 Å². The second-order valence-electron chi connectivity index (χ2n) is 25.3. The summed E-state index contributed by atoms with van der Waals surface area (Å²) in [6.07, 6.45) is -90.7. The first-order valence-electron chi connectivity index (χ1n) is 31.6. The Morgan fingerprint density at radius 1 is 0.202 bits per heavy atom. The molecule has 27 N–H and O–H groups in total. The number of thioether (sulfide) groups is 1. The van der Waals surface area contributed by atoms with Crippen LogP contribution in [0.4, 0.5) is 0 Å². The van der Waals surface area contributed by atoms with Gasteiger partial charge >= 0.3 is 0 Å². The molecule has 14 bridgehead atoms. The highest BCUT2D eigenvalue weighted by Gasteiger charge is 2.61. The number of ether oxygens (including phenoxy) is 17. The van der Waals surface area contributed by atoms with E-state index in [-0.39, 0.29) is 0 Å². The Morgan fingerprint density at radius 3 is 0.697 bits per heavy atom. The van der Waals surface area contributed by atoms with Crippen molar-refractivity contribution in [3.8, 4) is 0 Å². The van der Waals surface area contributed by atoms with E-state index in [1.165, 1.54) is 0 Å². The van der Waals surface area contributed by atoms with Crippen molar-refractivity contribution >= 4 is 11.8 Å². The molecule has 0 spiro atoms. The smallest absolute Gasteiger partial charge is 0.187 e. The van der Waals surface area contributed by atoms with E-state index >= 15 is 0 Å². The molecule has 44 nitrogen and oxygen atoms in total. The molecular weight excluding hydrogens is 1380 g/mol. The van der Waals surface area contributed by atoms with Crippen LogP contribution in [0.15, 0.2) is 0 Å². The molecule has 0 radical (unpaired) electrons. The number of rotatable bonds is 13. The SMILES string of the molecule is OC[C@H]1O[C@H](O[C@H]2[C@H](O)[C@@H](O)[C@H](SC[C@H]3O[C@@H]4O[C@H]5[C@H](O)[C@H](O)[C@@H](O[C@H]6[C@H](O)[C@H](O)[C@@H](O[C@H]7[C@H](O)[C@@H](O)[C@@H](O[C@H]8[C@H](O)[C@@H](O)[C@@H](O[C@H]9[C@H](O)[C@@H](O)[C@@H](O[C@H]%10[C@H](O)[C@@H](O)[C@@H](O[C@H]3[C@H](O)[C@H]4O)O[C@@H]%10CO)O[C@@H]9CO)O[C@@H]8CO)O[C@@H]7CO)O[C@@H]6CO)O[C@@H]5CO)O[C@@H]2CO)[C@H](O)[C@@H](O)[C@@H]1O. The first kappa shape index (κ1) is 80.1. The Balaban J connectivity index is 0.938. The Kier molecular flexibility index (Phi) is 27.7. The van der Waals surface area contributed by atoms with Crippen molar-refractivity contribution in [3.05, 3.63) is 0 Å². The topological polar surface area (TPSA) is 703 Å². The Hall–Kier alpha value is -1.41. The molecule has 23 aliphatic heterocycles. The van der Waals surface area contributed by atoms with Gasteiger partial charge in [-0.1, -0.05) is 0 Å². The van der Waals surface area contributed by atoms with Gasteiger partial charge in [0.15, 0.2) is 50.3 Å². The molecule has 23 rings (SSSR count). The van der Waals surface area contributed by atoms with Gasteiger partial charge in [-0.25, -0.2) is 0 Å². The van der Waals surface area contributed by atoms with Crippen molar-refractivity contribution in [2.45, 2.75) is 275 Å². The van der Waals surface area contributed by atoms with Crippen LogP contribution in [0.2, 0.25) is 0 Å². The maximum atomic E-state index is 12.0. The molecule has 99 heavy (non-hydrogen) atoms. The number of aliphatic hydroxyl groups is 27. The van der Waals surface area contributed by atoms with Crippen molar-refractivity contribution in [2.75, 3.05) is 58.6 Å². The predicted octanol–water partition coefficient (Wildman–Crippen LogP) is -18.9. The average Bonchev–Trinajstić information content (AvgIpc) is 0.754. The van der Waals surface area contributed by atoms with Gasteiger partial charge < -0.3 is 218 Å². The molecule has 23 saturated heterocycles. The lowest BCUT2D eigenvalue weighted by atomic mass is 9.95. The monoisotopic (exact) mass is 1470 g/mol. The van der Waals surface area contributed by atoms with Crippen LogP contribution in [0.3, 0.4) is 0 Å². The average molecular weight is 1480 g/mol. The quantitative estimate of drug-likeness (QED) is 0.0814. The zero-order valence-electron chi connectivity index (χ0n) is 51.8. The van der Waals surface area contributed by atoms with Gasteiger partial charge in [0.2, 0.25) is 0 Å². The largest absolute Gasteiger partial charge is 0.394 e. The zero-order valence-corrected chi connectivity index (χ0v) is 52.6. The lowest BCUT2D eigenvalue weighted by molar-refractivity contribution is -0.396. The maximum Gasteiger partial charge on any atom is 0.187 e. The third-order valence-corrected chi connectivity index (χ3v) is 20.2. The van der Waals surface area contributed by atoms with Crippen LogP contribution in [-0.4, -0.2) is 472 Å². The highest BCUT2D eigenvalue weighted by atomic mass is 32.2. The summed E-state index contributed by atoms with van der Waals surface area (Å²) in [6.45, 7) is -8.62. The first-order valence-corrected chi connectivity index (χ1v) is 32.7. The van der Waals surface area contributed by atoms with Crippen LogP contribution in [0.25, 0.3) is 0 Å². The van der Waals surface area contributed by atoms with Crippen LogP contribution >= 0.6 is 11.8 Å². The van der Waals surface area contributed by atoms with E-state index in [0.717, 1.165) is 0 Å². The van der Waals surface area contributed by atoms with Gasteiger partial charge in [-0.3, -0.25) is 0 Å². The molecule has 23 heterocycles. The van der Waals surface area contributed by atoms with E-state index < -0.39 is 334 Å². The molecular formula is C54H90O44S. The minimum absolute atomic E-state index is 0.518. The summed E-state index contributed by atoms with van der Waals surface area (Å²) >= 11 is 0.518. The molecule has 0 aliphatic carbocycles. The summed E-state index contributed by atoms with van der Waals surface area (Å²) < 4.78 is 98.2. The molecule has 0 aromatic heterocycles. The van der Waals surface area contributed by atoms with Gasteiger partial charge in [-0.05, 0) is 0 Å². The Bertz CT molecular complexity index is 2460. The summed E-state index contributed by atoms with van der Waals surface area (Å²) in [4.78, 5) is 0. The van der Waals surface area contributed by atoms with Gasteiger partial charge in [0, 0.05) is 5.75 Å². The lowest BCUT2D eigenvalue weighted by Crippen LogP contribution is -2.68. The van der Waals surface area contributed by atoms with Crippen molar-refractivity contribution in [1.29, 1.82) is 0 Å². The van der Waals surface area contributed by atoms with Gasteiger partial charge in [-0.15, -0.1) is 11.8 Å². The van der Waals surface area contributed by atoms with Gasteiger partial charge in [-0.2, -0.15) is 0 Å². The molecule has 45 heteroatoms. The molecule has 0 aromatic rings. The molecule has 45 atom stereocenters. The zero-order chi connectivity index (χ0) is 72.1. The summed E-state index contributed by atoms with van der Waals surface area (Å²) in [7, 11) is 0. The molecule has 23 aliphatic rings. The predicted molar refractivity (Wildman–Crippen MR) is 300 cm³/mol. The third-order valence-electron chi connectivity index (χ3n) is 19.0. The fraction of sp³-hybridized carbons (Fsp3) is 1.00. The molecule has 23 fully saturated rings. The number of hydrogen-bond donors (Lipinski definition) is 27. The third kappa shape index (κ3) is 16.1. The van der Waals surface area contributed by atoms with Crippen molar-refractivity contribution < 1.29 is 218 Å². The number of hydrogen-bond acceptors (Lipinski definition) is 45. The summed E-state index contributed by atoms with van der Waals surface area (Å²) in [6, 6.07) is 0. The fourth-order valence-electron chi connectivity index (χ4n) is 13.3. The highest BCUT2D eigenvalue weighted by Crippen LogP contribution is 2.41. The minimum Gasteiger partial charge on any atom is -0.394 e. The first-order chi connectivity index (χ1) is 47.1. The van der Waals surface area contributed by atoms with E-state index in [2.05, 4.69) is 0 Å². The van der Waals surface area contributed by atoms with Crippen molar-refractivity contribution in [3.63, 3.8) is 0 Å². The summed E-state index contributed by atoms with van der Waals surface area (Å²) in [5.74, 6) is -0.681. The van der Waals surface area contributed by atoms with Crippen LogP contribution in [-0.2, 0) is 80.5 Å². The molecule has 0 aromatic carbocycles. The second kappa shape index (κ2) is 34.2. The maximum absolute atomic E-state index is 12.0. The van der Waals surface area contributed by atoms with Gasteiger partial charge in [0.25, 0.3) is 0 Å². The van der Waals surface area contributed by atoms with E-state index in [1.54, 1.807) is 0 Å². The van der Waals surface area contributed by atoms with Gasteiger partial charge in [0.1, 0.15) is 219 Å². The normalized spacial score (nSPS) is 55.1. The molecule has 0 unspecified atom stereocenters. The summed E-state index contributed by atoms with van der Waals surface area (Å²) in [5, 5.41) is 300. The van der Waals surface area contributed by atoms with Crippen LogP contribution in [0.1, 0.15) is 0 Å². The van der Waals surface area contributed by atoms with Crippen LogP contribution < -0.4 is 0 Å². The number of aliphatic hydroxyl groups excluding tert-OH is 27. The summed E-state index contributed by atoms with van der Waals surface area (Å²) in [5.41, 5.74) is -1.68. The minimum atomic E-state index is -2.38. The van der Waals surface area contributed by atoms with E-state index in [1.807, 2.05) is 0 Å². The van der Waals surface area contributed by atoms with E-state index in [9.17, 15) is 138 Å². The fourth-order valence-corrected chi connectivity index (χ4v) is 14.5. The Labute approximate surface area is 563 Å². The van der Waals surface area contributed by atoms with Crippen molar-refractivity contribution in [2.24, 2.45) is 0 Å². The van der Waals surface area contributed by atoms with Crippen LogP contribution in [0, 0.1) is 0 Å². The highest BCUT2D eigenvalue weighted by molar-refractivity contribution is 7.99. The van der Waals surface area contributed by atoms with Gasteiger partial charge in [0.05, 0.1) is 59.0 Å². The van der Waals surface area contributed by atoms with E-state index in [0.29, 0.717) is 11.8 Å². The van der Waals surface area contributed by atoms with Crippen LogP contribution in [0.5, 0.6) is 0 Å². The molecule has 0 amide bonds. The molecule has 0 saturated carbocycles. The Morgan fingerprint density at radius 2 is 0.444 bits per heavy atom. The van der Waals surface area contributed by atoms with E-state index in [4.69, 9.17) is 80.5 Å². The lowest BCUT2D eigenvalue weighted by Gasteiger charge is -2.50.